The topological polar surface area (TPSA) is 542 Å². The Morgan fingerprint density at radius 3 is 0.968 bits per heavy atom. The van der Waals surface area contributed by atoms with Gasteiger partial charge >= 0.3 is 35.5 Å². The van der Waals surface area contributed by atoms with E-state index in [-0.39, 0.29) is 24.1 Å². The number of aliphatic carboxylic acids is 2. The molecule has 0 atom stereocenters. The number of nitrogens with zero attached hydrogens (tertiary/aromatic N) is 20. The molecular weight excluding hydrogens is 1790 g/mol. The molecule has 13 aromatic rings. The van der Waals surface area contributed by atoms with Crippen LogP contribution in [0.15, 0.2) is 225 Å². The molecule has 126 heavy (non-hydrogen) atoms. The fraction of sp³-hybridized carbons (Fsp3) is 0.138. The van der Waals surface area contributed by atoms with Gasteiger partial charge in [-0.2, -0.15) is 0 Å². The maximum Gasteiger partial charge on any atom is 0.516 e. The van der Waals surface area contributed by atoms with Gasteiger partial charge in [-0.1, -0.05) is 170 Å². The fourth-order valence-electron chi connectivity index (χ4n) is 8.66. The first-order valence-electron chi connectivity index (χ1n) is 36.0. The lowest BCUT2D eigenvalue weighted by molar-refractivity contribution is -0.141. The quantitative estimate of drug-likeness (QED) is 0.00506. The normalized spacial score (nSPS) is 10.7. The van der Waals surface area contributed by atoms with Crippen molar-refractivity contribution in [2.75, 3.05) is 13.2 Å². The summed E-state index contributed by atoms with van der Waals surface area (Å²) in [6.45, 7) is 11.8. The molecule has 0 fully saturated rings. The highest BCUT2D eigenvalue weighted by molar-refractivity contribution is 6.61. The molecule has 0 aliphatic carbocycles. The number of carbonyl (C=O) groups is 7. The zero-order chi connectivity index (χ0) is 91.2. The Kier molecular flexibility index (Phi) is 44.8. The predicted molar refractivity (Wildman–Crippen MR) is 474 cm³/mol. The highest BCUT2D eigenvalue weighted by Gasteiger charge is 2.14. The van der Waals surface area contributed by atoms with Gasteiger partial charge in [-0.3, -0.25) is 21.9 Å². The lowest BCUT2D eigenvalue weighted by Gasteiger charge is -2.05. The number of hydrazine groups is 2. The van der Waals surface area contributed by atoms with Crippen molar-refractivity contribution >= 4 is 166 Å². The standard InChI is InChI=1S/C16H16ClN3O4.C14H14ClN3O2.C12H8ClN5O.C11H10ClN5O.2C11H8ClN3O2.C5H9ClO2.H4N2.H2O/c1-11(2)9-23-16(22)24-14(21)6-7-20-10-18-15(19-20)12-4-3-5-13(17)8-12;1-10(2)20-13(19)6-7-18-9-16-14(17-18)11-4-3-5-12(15)8-11;13-10-3-1-2-9(6-10)12-14-7-18(17-12)5-4-11-16-15-8-19-11;12-9-3-1-2-8(6-9)11-14-7-17(16-11)5-4-10(18)15-13;2*12-9-3-1-2-8(6-9)11-13-7-15(14-11)5-4-10(16)17;1-4(2)3-8-5(6)7;1-2;/h3-8,10-11H,9H2,1-2H3;3-10H,1-2H3;1-8H;1-7H,13H2,(H,15,18);2*1-7H,(H,16,17);4H,3H2,1-2H3;1-2H2;1H2/b2*7-6-;4*5-4-;;;. The summed E-state index contributed by atoms with van der Waals surface area (Å²) in [6, 6.07) is 43.1. The van der Waals surface area contributed by atoms with Crippen LogP contribution in [0.1, 0.15) is 47.4 Å². The smallest absolute Gasteiger partial charge is 0.478 e. The van der Waals surface area contributed by atoms with Gasteiger partial charge in [0.05, 0.1) is 19.3 Å². The van der Waals surface area contributed by atoms with Crippen LogP contribution in [0, 0.1) is 11.8 Å². The van der Waals surface area contributed by atoms with Crippen molar-refractivity contribution in [1.82, 2.24) is 104 Å². The van der Waals surface area contributed by atoms with Crippen molar-refractivity contribution < 1.29 is 72.6 Å². The number of amides is 1. The van der Waals surface area contributed by atoms with Gasteiger partial charge in [-0.05, 0) is 98.5 Å². The van der Waals surface area contributed by atoms with Gasteiger partial charge in [0.15, 0.2) is 34.9 Å². The van der Waals surface area contributed by atoms with Crippen LogP contribution in [-0.2, 0) is 42.9 Å². The molecule has 0 spiro atoms. The number of esters is 2. The first-order valence-corrected chi connectivity index (χ1v) is 38.6. The van der Waals surface area contributed by atoms with E-state index in [1.165, 1.54) is 105 Å². The molecule has 39 nitrogen and oxygen atoms in total. The Balaban J connectivity index is 0.000000263. The van der Waals surface area contributed by atoms with E-state index in [2.05, 4.69) is 91.9 Å². The van der Waals surface area contributed by atoms with Crippen LogP contribution >= 0.6 is 81.2 Å². The number of nitrogens with one attached hydrogen (secondary N) is 1. The monoisotopic (exact) mass is 1860 g/mol. The van der Waals surface area contributed by atoms with E-state index >= 15 is 0 Å². The number of aromatic nitrogens is 20. The third kappa shape index (κ3) is 39.8. The molecule has 6 aromatic carbocycles. The van der Waals surface area contributed by atoms with E-state index in [1.54, 1.807) is 122 Å². The predicted octanol–water partition coefficient (Wildman–Crippen LogP) is 14.4. The Bertz CT molecular complexity index is 5720. The summed E-state index contributed by atoms with van der Waals surface area (Å²) in [4.78, 5) is 100. The van der Waals surface area contributed by atoms with Gasteiger partial charge in [0.25, 0.3) is 5.91 Å². The summed E-state index contributed by atoms with van der Waals surface area (Å²) in [7, 11) is 0. The molecule has 0 aliphatic heterocycles. The summed E-state index contributed by atoms with van der Waals surface area (Å²) in [5, 5.41) is 52.9. The zero-order valence-electron chi connectivity index (χ0n) is 67.1. The van der Waals surface area contributed by atoms with Gasteiger partial charge in [0.2, 0.25) is 12.3 Å². The van der Waals surface area contributed by atoms with Crippen LogP contribution in [0.3, 0.4) is 0 Å². The van der Waals surface area contributed by atoms with Crippen LogP contribution in [0.25, 0.3) is 112 Å². The first-order chi connectivity index (χ1) is 59.9. The van der Waals surface area contributed by atoms with Gasteiger partial charge in [-0.25, -0.2) is 92.6 Å². The van der Waals surface area contributed by atoms with Gasteiger partial charge in [0.1, 0.15) is 38.0 Å². The minimum Gasteiger partial charge on any atom is -0.478 e. The second kappa shape index (κ2) is 55.1. The SMILES string of the molecule is CC(C)COC(=O)Cl.CC(C)COC(=O)OC(=O)/C=C\n1cnc(-c2cccc(Cl)c2)n1.CC(C)OC(=O)/C=C\n1cnc(-c2cccc(Cl)c2)n1.Clc1cccc(-c2ncn(/C=C\c3nnco3)n2)c1.NN.NNC(=O)/C=C\n1cnc(-c2cccc(Cl)c2)n1.O.O=C(O)/C=C\n1cnc(-c2cccc(Cl)c2)n1.O=C(O)/C=C\n1cnc(-c2cccc(Cl)c2)n1. The van der Waals surface area contributed by atoms with E-state index < -0.39 is 41.4 Å². The highest BCUT2D eigenvalue weighted by Crippen LogP contribution is 2.25. The highest BCUT2D eigenvalue weighted by atomic mass is 35.5. The second-order valence-electron chi connectivity index (χ2n) is 25.0. The lowest BCUT2D eigenvalue weighted by Crippen LogP contribution is -2.28. The minimum absolute atomic E-state index is 0. The number of hydrogen-bond acceptors (Lipinski definition) is 29. The molecule has 11 N–H and O–H groups in total. The Hall–Kier alpha value is -14.1. The van der Waals surface area contributed by atoms with Gasteiger partial charge in [-0.15, -0.1) is 40.8 Å². The number of hydrogen-bond donors (Lipinski definition) is 6. The molecule has 7 heterocycles. The average molecular weight is 1860 g/mol. The average Bonchev–Trinajstić information content (AvgIpc) is 1.78. The van der Waals surface area contributed by atoms with Crippen LogP contribution in [0.5, 0.6) is 0 Å². The van der Waals surface area contributed by atoms with Gasteiger partial charge < -0.3 is 39.1 Å². The Morgan fingerprint density at radius 1 is 0.429 bits per heavy atom. The molecular formula is C80H79Cl7N24O15. The summed E-state index contributed by atoms with van der Waals surface area (Å²) in [6.07, 6.45) is 24.7. The number of benzene rings is 6. The maximum absolute atomic E-state index is 11.5. The molecule has 0 radical (unpaired) electrons. The molecule has 13 rings (SSSR count). The van der Waals surface area contributed by atoms with E-state index in [0.717, 1.165) is 51.6 Å². The number of nitrogens with two attached hydrogens (primary N) is 3. The van der Waals surface area contributed by atoms with E-state index in [0.29, 0.717) is 83.5 Å². The fourth-order valence-corrected chi connectivity index (χ4v) is 9.87. The third-order valence-electron chi connectivity index (χ3n) is 13.9. The number of carbonyl (C=O) groups excluding carboxylic acids is 5. The van der Waals surface area contributed by atoms with E-state index in [1.807, 2.05) is 93.8 Å². The van der Waals surface area contributed by atoms with Crippen molar-refractivity contribution in [2.45, 2.75) is 47.6 Å². The summed E-state index contributed by atoms with van der Waals surface area (Å²) in [5.41, 5.74) is 6.03. The van der Waals surface area contributed by atoms with Crippen LogP contribution in [-0.4, -0.2) is 175 Å². The molecule has 0 bridgehead atoms. The zero-order valence-corrected chi connectivity index (χ0v) is 72.4. The van der Waals surface area contributed by atoms with Crippen molar-refractivity contribution in [3.8, 4) is 68.3 Å². The third-order valence-corrected chi connectivity index (χ3v) is 15.4. The van der Waals surface area contributed by atoms with Crippen LogP contribution in [0.2, 0.25) is 30.1 Å². The molecule has 0 unspecified atom stereocenters. The van der Waals surface area contributed by atoms with Gasteiger partial charge in [0, 0.05) is 149 Å². The molecule has 1 amide bonds. The lowest BCUT2D eigenvalue weighted by atomic mass is 10.2. The molecule has 0 saturated carbocycles. The Labute approximate surface area is 752 Å². The summed E-state index contributed by atoms with van der Waals surface area (Å²) < 4.78 is 31.9. The Morgan fingerprint density at radius 2 is 0.714 bits per heavy atom. The largest absolute Gasteiger partial charge is 0.516 e. The number of halogens is 7. The van der Waals surface area contributed by atoms with E-state index in [4.69, 9.17) is 111 Å². The van der Waals surface area contributed by atoms with Crippen molar-refractivity contribution in [3.05, 3.63) is 256 Å². The molecule has 0 saturated heterocycles. The molecule has 46 heteroatoms. The van der Waals surface area contributed by atoms with Crippen LogP contribution < -0.4 is 23.0 Å². The summed E-state index contributed by atoms with van der Waals surface area (Å²) in [5.74, 6) is 13.2. The molecule has 7 aromatic heterocycles. The maximum atomic E-state index is 11.5. The second-order valence-corrected chi connectivity index (χ2v) is 27.9. The van der Waals surface area contributed by atoms with E-state index in [9.17, 15) is 33.6 Å². The summed E-state index contributed by atoms with van der Waals surface area (Å²) >= 11 is 40.2. The number of rotatable bonds is 23. The van der Waals surface area contributed by atoms with Crippen molar-refractivity contribution in [1.29, 1.82) is 0 Å². The van der Waals surface area contributed by atoms with Crippen molar-refractivity contribution in [3.63, 3.8) is 0 Å². The molecule has 0 aliphatic rings. The minimum atomic E-state index is -1.04. The van der Waals surface area contributed by atoms with Crippen molar-refractivity contribution in [2.24, 2.45) is 29.4 Å². The number of carboxylic acid groups (broad SMARTS) is 2. The first kappa shape index (κ1) is 102. The van der Waals surface area contributed by atoms with Crippen LogP contribution in [0.4, 0.5) is 9.59 Å². The number of ether oxygens (including phenoxy) is 4. The number of carboxylic acids is 2. The molecule has 658 valence electrons.